The highest BCUT2D eigenvalue weighted by molar-refractivity contribution is 6.30. The van der Waals surface area contributed by atoms with Gasteiger partial charge in [0.2, 0.25) is 0 Å². The molecule has 0 bridgehead atoms. The first kappa shape index (κ1) is 9.93. The van der Waals surface area contributed by atoms with E-state index in [0.717, 1.165) is 5.69 Å². The van der Waals surface area contributed by atoms with Crippen LogP contribution in [-0.4, -0.2) is 15.6 Å². The number of para-hydroxylation sites is 1. The fraction of sp³-hybridized carbons (Fsp3) is 0.0909. The van der Waals surface area contributed by atoms with Gasteiger partial charge >= 0.3 is 0 Å². The Hall–Kier alpha value is -1.61. The molecule has 0 unspecified atom stereocenters. The lowest BCUT2D eigenvalue weighted by Crippen LogP contribution is -2.03. The molecule has 0 spiro atoms. The number of nitrogens with zero attached hydrogens (tertiary/aromatic N) is 2. The van der Waals surface area contributed by atoms with E-state index in [2.05, 4.69) is 5.10 Å². The lowest BCUT2D eigenvalue weighted by Gasteiger charge is -2.05. The average Bonchev–Trinajstić information content (AvgIpc) is 2.65. The number of aromatic nitrogens is 2. The van der Waals surface area contributed by atoms with Crippen molar-refractivity contribution in [3.63, 3.8) is 0 Å². The van der Waals surface area contributed by atoms with Crippen LogP contribution in [0.4, 0.5) is 0 Å². The predicted octanol–water partition coefficient (Wildman–Crippen LogP) is 2.73. The van der Waals surface area contributed by atoms with E-state index in [4.69, 9.17) is 11.6 Å². The van der Waals surface area contributed by atoms with Crippen molar-refractivity contribution in [3.8, 4) is 5.69 Å². The van der Waals surface area contributed by atoms with Crippen molar-refractivity contribution in [2.45, 2.75) is 6.92 Å². The number of ketones is 1. The molecular formula is C11H9ClN2O. The van der Waals surface area contributed by atoms with Crippen LogP contribution in [0.15, 0.2) is 36.7 Å². The Balaban J connectivity index is 2.57. The molecule has 76 valence electrons. The number of carbonyl (C=O) groups excluding carboxylic acids is 1. The number of carbonyl (C=O) groups is 1. The van der Waals surface area contributed by atoms with Gasteiger partial charge in [0.05, 0.1) is 16.9 Å². The molecule has 4 heteroatoms. The molecule has 0 radical (unpaired) electrons. The maximum Gasteiger partial charge on any atom is 0.161 e. The van der Waals surface area contributed by atoms with E-state index in [1.807, 2.05) is 18.2 Å². The Labute approximate surface area is 92.3 Å². The van der Waals surface area contributed by atoms with Crippen LogP contribution in [0.5, 0.6) is 0 Å². The fourth-order valence-electron chi connectivity index (χ4n) is 1.40. The van der Waals surface area contributed by atoms with Gasteiger partial charge < -0.3 is 0 Å². The highest BCUT2D eigenvalue weighted by atomic mass is 35.5. The normalized spacial score (nSPS) is 10.3. The smallest absolute Gasteiger partial charge is 0.161 e. The van der Waals surface area contributed by atoms with Crippen LogP contribution in [0.3, 0.4) is 0 Å². The Bertz CT molecular complexity index is 505. The van der Waals surface area contributed by atoms with Gasteiger partial charge in [0.25, 0.3) is 0 Å². The van der Waals surface area contributed by atoms with Crippen LogP contribution in [0, 0.1) is 0 Å². The first-order valence-electron chi connectivity index (χ1n) is 4.49. The minimum Gasteiger partial charge on any atom is -0.294 e. The lowest BCUT2D eigenvalue weighted by atomic mass is 10.1. The number of halogens is 1. The summed E-state index contributed by atoms with van der Waals surface area (Å²) in [5.74, 6) is 0.0113. The summed E-state index contributed by atoms with van der Waals surface area (Å²) in [6.45, 7) is 1.53. The molecule has 0 aliphatic heterocycles. The molecule has 0 fully saturated rings. The SMILES string of the molecule is CC(=O)c1ccccc1-n1cc(Cl)cn1. The number of hydrogen-bond acceptors (Lipinski definition) is 2. The standard InChI is InChI=1S/C11H9ClN2O/c1-8(15)10-4-2-3-5-11(10)14-7-9(12)6-13-14/h2-7H,1H3. The second-order valence-corrected chi connectivity index (χ2v) is 3.61. The van der Waals surface area contributed by atoms with E-state index in [9.17, 15) is 4.79 Å². The van der Waals surface area contributed by atoms with Crippen molar-refractivity contribution in [1.29, 1.82) is 0 Å². The molecule has 0 aliphatic carbocycles. The van der Waals surface area contributed by atoms with Crippen molar-refractivity contribution >= 4 is 17.4 Å². The quantitative estimate of drug-likeness (QED) is 0.730. The molecule has 0 N–H and O–H groups in total. The topological polar surface area (TPSA) is 34.9 Å². The van der Waals surface area contributed by atoms with Crippen molar-refractivity contribution < 1.29 is 4.79 Å². The summed E-state index contributed by atoms with van der Waals surface area (Å²) in [6, 6.07) is 7.29. The maximum atomic E-state index is 11.4. The highest BCUT2D eigenvalue weighted by Crippen LogP contribution is 2.16. The number of benzene rings is 1. The van der Waals surface area contributed by atoms with Crippen molar-refractivity contribution in [2.24, 2.45) is 0 Å². The zero-order valence-corrected chi connectivity index (χ0v) is 8.90. The highest BCUT2D eigenvalue weighted by Gasteiger charge is 2.08. The van der Waals surface area contributed by atoms with Crippen LogP contribution < -0.4 is 0 Å². The summed E-state index contributed by atoms with van der Waals surface area (Å²) in [7, 11) is 0. The molecule has 2 rings (SSSR count). The van der Waals surface area contributed by atoms with E-state index in [1.165, 1.54) is 6.92 Å². The second kappa shape index (κ2) is 3.87. The molecule has 0 aliphatic rings. The zero-order valence-electron chi connectivity index (χ0n) is 8.14. The van der Waals surface area contributed by atoms with E-state index < -0.39 is 0 Å². The Kier molecular flexibility index (Phi) is 2.56. The Morgan fingerprint density at radius 2 is 2.13 bits per heavy atom. The van der Waals surface area contributed by atoms with E-state index in [-0.39, 0.29) is 5.78 Å². The largest absolute Gasteiger partial charge is 0.294 e. The maximum absolute atomic E-state index is 11.4. The molecule has 0 saturated carbocycles. The predicted molar refractivity (Wildman–Crippen MR) is 58.6 cm³/mol. The van der Waals surface area contributed by atoms with Crippen LogP contribution in [-0.2, 0) is 0 Å². The molecule has 1 aromatic heterocycles. The minimum atomic E-state index is 0.0113. The number of rotatable bonds is 2. The average molecular weight is 221 g/mol. The van der Waals surface area contributed by atoms with Crippen molar-refractivity contribution in [2.75, 3.05) is 0 Å². The minimum absolute atomic E-state index is 0.0113. The van der Waals surface area contributed by atoms with Crippen LogP contribution >= 0.6 is 11.6 Å². The lowest BCUT2D eigenvalue weighted by molar-refractivity contribution is 0.101. The number of hydrogen-bond donors (Lipinski definition) is 0. The third-order valence-electron chi connectivity index (χ3n) is 2.08. The van der Waals surface area contributed by atoms with Gasteiger partial charge in [-0.2, -0.15) is 5.10 Å². The monoisotopic (exact) mass is 220 g/mol. The molecular weight excluding hydrogens is 212 g/mol. The van der Waals surface area contributed by atoms with Gasteiger partial charge in [-0.05, 0) is 19.1 Å². The summed E-state index contributed by atoms with van der Waals surface area (Å²) in [5.41, 5.74) is 1.38. The zero-order chi connectivity index (χ0) is 10.8. The third kappa shape index (κ3) is 1.92. The van der Waals surface area contributed by atoms with Crippen molar-refractivity contribution in [3.05, 3.63) is 47.2 Å². The molecule has 0 saturated heterocycles. The van der Waals surface area contributed by atoms with Gasteiger partial charge in [-0.25, -0.2) is 4.68 Å². The fourth-order valence-corrected chi connectivity index (χ4v) is 1.54. The van der Waals surface area contributed by atoms with Gasteiger partial charge in [0.15, 0.2) is 5.78 Å². The van der Waals surface area contributed by atoms with Gasteiger partial charge in [-0.3, -0.25) is 4.79 Å². The second-order valence-electron chi connectivity index (χ2n) is 3.18. The van der Waals surface area contributed by atoms with Crippen LogP contribution in [0.1, 0.15) is 17.3 Å². The van der Waals surface area contributed by atoms with Gasteiger partial charge in [0.1, 0.15) is 0 Å². The summed E-state index contributed by atoms with van der Waals surface area (Å²) >= 11 is 5.77. The molecule has 1 heterocycles. The molecule has 0 atom stereocenters. The van der Waals surface area contributed by atoms with Crippen molar-refractivity contribution in [1.82, 2.24) is 9.78 Å². The van der Waals surface area contributed by atoms with Gasteiger partial charge in [-0.15, -0.1) is 0 Å². The summed E-state index contributed by atoms with van der Waals surface area (Å²) in [4.78, 5) is 11.4. The molecule has 0 amide bonds. The number of Topliss-reactive ketones (excluding diaryl/α,β-unsaturated/α-hetero) is 1. The molecule has 2 aromatic rings. The van der Waals surface area contributed by atoms with E-state index in [1.54, 1.807) is 23.1 Å². The molecule has 3 nitrogen and oxygen atoms in total. The van der Waals surface area contributed by atoms with Crippen LogP contribution in [0.2, 0.25) is 5.02 Å². The summed E-state index contributed by atoms with van der Waals surface area (Å²) in [5, 5.41) is 4.61. The first-order valence-corrected chi connectivity index (χ1v) is 4.87. The molecule has 1 aromatic carbocycles. The van der Waals surface area contributed by atoms with Crippen LogP contribution in [0.25, 0.3) is 5.69 Å². The van der Waals surface area contributed by atoms with E-state index >= 15 is 0 Å². The summed E-state index contributed by atoms with van der Waals surface area (Å²) < 4.78 is 1.60. The van der Waals surface area contributed by atoms with E-state index in [0.29, 0.717) is 10.6 Å². The Morgan fingerprint density at radius 3 is 2.73 bits per heavy atom. The third-order valence-corrected chi connectivity index (χ3v) is 2.28. The van der Waals surface area contributed by atoms with Gasteiger partial charge in [0, 0.05) is 11.8 Å². The first-order chi connectivity index (χ1) is 7.18. The summed E-state index contributed by atoms with van der Waals surface area (Å²) in [6.07, 6.45) is 3.21. The van der Waals surface area contributed by atoms with Gasteiger partial charge in [-0.1, -0.05) is 23.7 Å². The molecule has 15 heavy (non-hydrogen) atoms. The Morgan fingerprint density at radius 1 is 1.40 bits per heavy atom.